The molecule has 4 aliphatic carbocycles. The van der Waals surface area contributed by atoms with Gasteiger partial charge in [0.2, 0.25) is 0 Å². The Hall–Kier alpha value is -0.900. The van der Waals surface area contributed by atoms with Crippen molar-refractivity contribution in [1.29, 1.82) is 0 Å². The molecular weight excluding hydrogens is 340 g/mol. The van der Waals surface area contributed by atoms with Gasteiger partial charge < -0.3 is 0 Å². The van der Waals surface area contributed by atoms with E-state index in [2.05, 4.69) is 37.8 Å². The van der Waals surface area contributed by atoms with Crippen molar-refractivity contribution in [2.45, 2.75) is 91.0 Å². The molecule has 0 aliphatic heterocycles. The number of hydrogen-bond acceptors (Lipinski definition) is 2. The number of nitrogens with zero attached hydrogens (tertiary/aromatic N) is 2. The van der Waals surface area contributed by atoms with E-state index in [0.29, 0.717) is 0 Å². The summed E-state index contributed by atoms with van der Waals surface area (Å²) < 4.78 is 3.26. The lowest BCUT2D eigenvalue weighted by Gasteiger charge is -2.55. The Morgan fingerprint density at radius 2 is 1.77 bits per heavy atom. The number of amides is 1. The third-order valence-electron chi connectivity index (χ3n) is 6.89. The van der Waals surface area contributed by atoms with Crippen LogP contribution >= 0.6 is 11.5 Å². The van der Waals surface area contributed by atoms with Gasteiger partial charge in [0.25, 0.3) is 5.91 Å². The zero-order valence-electron chi connectivity index (χ0n) is 16.9. The second-order valence-corrected chi connectivity index (χ2v) is 11.2. The highest BCUT2D eigenvalue weighted by Crippen LogP contribution is 2.60. The van der Waals surface area contributed by atoms with Gasteiger partial charge in [-0.2, -0.15) is 0 Å². The summed E-state index contributed by atoms with van der Waals surface area (Å²) in [6.45, 7) is 8.88. The van der Waals surface area contributed by atoms with Crippen molar-refractivity contribution in [2.24, 2.45) is 28.2 Å². The van der Waals surface area contributed by atoms with E-state index in [1.54, 1.807) is 11.5 Å². The number of aromatic nitrogens is 1. The van der Waals surface area contributed by atoms with E-state index in [9.17, 15) is 4.79 Å². The standard InChI is InChI=1S/C22H34N2OS/c1-5-6-7-18-14-24(21(2,3)4)26-19(18)23-20(25)22-11-15-8-16(12-22)10-17(9-15)13-22/h14-17H,5-13H2,1-4H3. The molecule has 3 nitrogen and oxygen atoms in total. The fourth-order valence-electron chi connectivity index (χ4n) is 5.92. The summed E-state index contributed by atoms with van der Waals surface area (Å²) in [7, 11) is 0. The zero-order valence-corrected chi connectivity index (χ0v) is 17.7. The average Bonchev–Trinajstić information content (AvgIpc) is 2.94. The Morgan fingerprint density at radius 1 is 1.19 bits per heavy atom. The Bertz CT molecular complexity index is 714. The molecule has 144 valence electrons. The fraction of sp³-hybridized carbons (Fsp3) is 0.818. The van der Waals surface area contributed by atoms with E-state index in [4.69, 9.17) is 4.99 Å². The monoisotopic (exact) mass is 374 g/mol. The molecule has 4 aliphatic rings. The number of carbonyl (C=O) groups is 1. The molecule has 0 atom stereocenters. The van der Waals surface area contributed by atoms with Gasteiger partial charge in [-0.05, 0) is 101 Å². The summed E-state index contributed by atoms with van der Waals surface area (Å²) in [5.41, 5.74) is 1.20. The molecule has 0 N–H and O–H groups in total. The highest BCUT2D eigenvalue weighted by Gasteiger charge is 2.54. The van der Waals surface area contributed by atoms with Gasteiger partial charge in [-0.3, -0.25) is 8.75 Å². The Kier molecular flexibility index (Phi) is 4.70. The van der Waals surface area contributed by atoms with Gasteiger partial charge >= 0.3 is 0 Å². The Balaban J connectivity index is 1.67. The molecule has 4 bridgehead atoms. The molecule has 1 heterocycles. The van der Waals surface area contributed by atoms with Crippen LogP contribution in [-0.4, -0.2) is 9.86 Å². The third kappa shape index (κ3) is 3.34. The van der Waals surface area contributed by atoms with Crippen LogP contribution in [0.15, 0.2) is 11.2 Å². The maximum Gasteiger partial charge on any atom is 0.253 e. The first-order valence-electron chi connectivity index (χ1n) is 10.6. The van der Waals surface area contributed by atoms with Crippen LogP contribution in [0.4, 0.5) is 0 Å². The first-order valence-corrected chi connectivity index (χ1v) is 11.4. The van der Waals surface area contributed by atoms with Crippen LogP contribution in [0.5, 0.6) is 0 Å². The molecule has 5 rings (SSSR count). The molecular formula is C22H34N2OS. The van der Waals surface area contributed by atoms with Gasteiger partial charge in [0.1, 0.15) is 4.67 Å². The lowest BCUT2D eigenvalue weighted by Crippen LogP contribution is -2.49. The maximum absolute atomic E-state index is 13.4. The second-order valence-electron chi connectivity index (χ2n) is 10.3. The van der Waals surface area contributed by atoms with E-state index in [1.807, 2.05) is 0 Å². The first-order chi connectivity index (χ1) is 12.3. The van der Waals surface area contributed by atoms with E-state index >= 15 is 0 Å². The minimum absolute atomic E-state index is 0.0448. The summed E-state index contributed by atoms with van der Waals surface area (Å²) in [5, 5.41) is 0. The van der Waals surface area contributed by atoms with Crippen molar-refractivity contribution in [3.8, 4) is 0 Å². The van der Waals surface area contributed by atoms with Crippen LogP contribution < -0.4 is 4.67 Å². The zero-order chi connectivity index (χ0) is 18.5. The molecule has 0 saturated heterocycles. The van der Waals surface area contributed by atoms with E-state index < -0.39 is 0 Å². The molecule has 0 spiro atoms. The molecule has 0 aromatic carbocycles. The number of rotatable bonds is 4. The topological polar surface area (TPSA) is 34.4 Å². The SMILES string of the molecule is CCCCc1cn(C(C)(C)C)sc1=NC(=O)C12CC3CC(CC(C3)C1)C2. The van der Waals surface area contributed by atoms with Crippen molar-refractivity contribution in [3.05, 3.63) is 16.4 Å². The predicted molar refractivity (Wildman–Crippen MR) is 107 cm³/mol. The first kappa shape index (κ1) is 18.5. The highest BCUT2D eigenvalue weighted by molar-refractivity contribution is 7.04. The summed E-state index contributed by atoms with van der Waals surface area (Å²) in [5.74, 6) is 2.59. The molecule has 1 aromatic rings. The van der Waals surface area contributed by atoms with Crippen LogP contribution in [0.2, 0.25) is 0 Å². The average molecular weight is 375 g/mol. The Labute approximate surface area is 162 Å². The minimum Gasteiger partial charge on any atom is -0.298 e. The molecule has 4 fully saturated rings. The molecule has 4 saturated carbocycles. The molecule has 1 amide bonds. The summed E-state index contributed by atoms with van der Waals surface area (Å²) in [4.78, 5) is 18.2. The molecule has 1 aromatic heterocycles. The van der Waals surface area contributed by atoms with Gasteiger partial charge in [0, 0.05) is 17.3 Å². The Morgan fingerprint density at radius 3 is 2.27 bits per heavy atom. The van der Waals surface area contributed by atoms with E-state index in [0.717, 1.165) is 54.5 Å². The van der Waals surface area contributed by atoms with E-state index in [-0.39, 0.29) is 16.9 Å². The van der Waals surface area contributed by atoms with Crippen molar-refractivity contribution in [1.82, 2.24) is 3.96 Å². The highest BCUT2D eigenvalue weighted by atomic mass is 32.1. The summed E-state index contributed by atoms with van der Waals surface area (Å²) in [6, 6.07) is 0. The number of aryl methyl sites for hydroxylation is 1. The minimum atomic E-state index is -0.118. The van der Waals surface area contributed by atoms with Crippen molar-refractivity contribution < 1.29 is 4.79 Å². The number of carbonyl (C=O) groups excluding carboxylic acids is 1. The van der Waals surface area contributed by atoms with Crippen molar-refractivity contribution in [2.75, 3.05) is 0 Å². The van der Waals surface area contributed by atoms with Crippen LogP contribution in [0.1, 0.15) is 84.6 Å². The van der Waals surface area contributed by atoms with Crippen LogP contribution in [0.3, 0.4) is 0 Å². The van der Waals surface area contributed by atoms with Gasteiger partial charge in [-0.25, -0.2) is 4.99 Å². The largest absolute Gasteiger partial charge is 0.298 e. The van der Waals surface area contributed by atoms with Crippen LogP contribution in [0.25, 0.3) is 0 Å². The predicted octanol–water partition coefficient (Wildman–Crippen LogP) is 5.29. The van der Waals surface area contributed by atoms with E-state index in [1.165, 1.54) is 31.2 Å². The second kappa shape index (κ2) is 6.61. The van der Waals surface area contributed by atoms with Gasteiger partial charge in [0.15, 0.2) is 0 Å². The third-order valence-corrected chi connectivity index (χ3v) is 8.26. The van der Waals surface area contributed by atoms with Crippen molar-refractivity contribution >= 4 is 17.4 Å². The normalized spacial score (nSPS) is 33.8. The maximum atomic E-state index is 13.4. The fourth-order valence-corrected chi connectivity index (χ4v) is 6.96. The lowest BCUT2D eigenvalue weighted by molar-refractivity contribution is -0.142. The number of hydrogen-bond donors (Lipinski definition) is 0. The van der Waals surface area contributed by atoms with Gasteiger partial charge in [-0.15, -0.1) is 0 Å². The quantitative estimate of drug-likeness (QED) is 0.705. The molecule has 26 heavy (non-hydrogen) atoms. The molecule has 4 heteroatoms. The molecule has 0 radical (unpaired) electrons. The molecule has 0 unspecified atom stereocenters. The van der Waals surface area contributed by atoms with Crippen LogP contribution in [-0.2, 0) is 16.8 Å². The lowest BCUT2D eigenvalue weighted by atomic mass is 9.49. The number of unbranched alkanes of at least 4 members (excludes halogenated alkanes) is 1. The summed E-state index contributed by atoms with van der Waals surface area (Å²) >= 11 is 1.68. The summed E-state index contributed by atoms with van der Waals surface area (Å²) in [6.07, 6.45) is 13.0. The smallest absolute Gasteiger partial charge is 0.253 e. The van der Waals surface area contributed by atoms with Crippen molar-refractivity contribution in [3.63, 3.8) is 0 Å². The van der Waals surface area contributed by atoms with Gasteiger partial charge in [-0.1, -0.05) is 13.3 Å². The van der Waals surface area contributed by atoms with Gasteiger partial charge in [0.05, 0.1) is 5.41 Å². The van der Waals surface area contributed by atoms with Crippen LogP contribution in [0, 0.1) is 23.2 Å².